The smallest absolute Gasteiger partial charge is 0.267 e. The van der Waals surface area contributed by atoms with E-state index in [1.54, 1.807) is 15.1 Å². The van der Waals surface area contributed by atoms with Crippen LogP contribution in [-0.2, 0) is 12.8 Å². The van der Waals surface area contributed by atoms with Crippen LogP contribution in [0.5, 0.6) is 0 Å². The zero-order valence-corrected chi connectivity index (χ0v) is 9.85. The van der Waals surface area contributed by atoms with Crippen molar-refractivity contribution in [1.29, 1.82) is 0 Å². The molecule has 4 nitrogen and oxygen atoms in total. The van der Waals surface area contributed by atoms with Gasteiger partial charge in [0.15, 0.2) is 0 Å². The molecule has 90 valence electrons. The number of aryl methyl sites for hydroxylation is 1. The fourth-order valence-electron chi connectivity index (χ4n) is 3.08. The predicted molar refractivity (Wildman–Crippen MR) is 68.7 cm³/mol. The molecule has 0 fully saturated rings. The van der Waals surface area contributed by atoms with Gasteiger partial charge < -0.3 is 0 Å². The highest BCUT2D eigenvalue weighted by molar-refractivity contribution is 5.78. The molecule has 2 heterocycles. The highest BCUT2D eigenvalue weighted by atomic mass is 16.2. The number of hydrogen-bond donors (Lipinski definition) is 0. The molecule has 4 heteroatoms. The zero-order valence-electron chi connectivity index (χ0n) is 9.85. The van der Waals surface area contributed by atoms with Gasteiger partial charge in [-0.3, -0.25) is 9.59 Å². The van der Waals surface area contributed by atoms with Gasteiger partial charge in [0.2, 0.25) is 0 Å². The van der Waals surface area contributed by atoms with Crippen molar-refractivity contribution in [3.8, 4) is 0 Å². The van der Waals surface area contributed by atoms with Gasteiger partial charge in [-0.25, -0.2) is 9.03 Å². The summed E-state index contributed by atoms with van der Waals surface area (Å²) in [6.45, 7) is 0. The van der Waals surface area contributed by atoms with Crippen LogP contribution in [0.4, 0.5) is 0 Å². The summed E-state index contributed by atoms with van der Waals surface area (Å²) < 4.78 is 3.13. The molecular weight excluding hydrogens is 228 g/mol. The summed E-state index contributed by atoms with van der Waals surface area (Å²) in [7, 11) is 0. The Balaban J connectivity index is 2.35. The van der Waals surface area contributed by atoms with E-state index >= 15 is 0 Å². The van der Waals surface area contributed by atoms with Gasteiger partial charge in [-0.1, -0.05) is 12.1 Å². The fourth-order valence-corrected chi connectivity index (χ4v) is 3.08. The van der Waals surface area contributed by atoms with Crippen LogP contribution >= 0.6 is 0 Å². The second kappa shape index (κ2) is 3.22. The summed E-state index contributed by atoms with van der Waals surface area (Å²) in [5.74, 6) is 0. The van der Waals surface area contributed by atoms with Gasteiger partial charge in [0.05, 0.1) is 16.6 Å². The van der Waals surface area contributed by atoms with E-state index in [2.05, 4.69) is 0 Å². The number of hydrogen-bond acceptors (Lipinski definition) is 2. The third-order valence-electron chi connectivity index (χ3n) is 3.90. The molecule has 1 aromatic carbocycles. The van der Waals surface area contributed by atoms with E-state index in [1.807, 2.05) is 18.2 Å². The van der Waals surface area contributed by atoms with Crippen LogP contribution in [0.2, 0.25) is 0 Å². The molecule has 3 aromatic rings. The third-order valence-corrected chi connectivity index (χ3v) is 3.90. The molecule has 0 N–H and O–H groups in total. The molecule has 0 saturated carbocycles. The fraction of sp³-hybridized carbons (Fsp3) is 0.286. The minimum Gasteiger partial charge on any atom is -0.267 e. The van der Waals surface area contributed by atoms with E-state index in [-0.39, 0.29) is 11.1 Å². The van der Waals surface area contributed by atoms with Gasteiger partial charge in [0.1, 0.15) is 0 Å². The van der Waals surface area contributed by atoms with Crippen LogP contribution in [-0.4, -0.2) is 9.03 Å². The summed E-state index contributed by atoms with van der Waals surface area (Å²) in [4.78, 5) is 24.8. The number of aromatic nitrogens is 2. The lowest BCUT2D eigenvalue weighted by atomic mass is 9.98. The summed E-state index contributed by atoms with van der Waals surface area (Å²) in [5.41, 5.74) is 2.41. The van der Waals surface area contributed by atoms with Gasteiger partial charge in [-0.2, -0.15) is 0 Å². The molecule has 0 spiro atoms. The minimum absolute atomic E-state index is 0.0111. The number of fused-ring (bicyclic) bond motifs is 5. The highest BCUT2D eigenvalue weighted by Gasteiger charge is 2.23. The lowest BCUT2D eigenvalue weighted by Gasteiger charge is -2.08. The quantitative estimate of drug-likeness (QED) is 0.593. The molecule has 1 aliphatic rings. The van der Waals surface area contributed by atoms with E-state index < -0.39 is 0 Å². The average Bonchev–Trinajstić information content (AvgIpc) is 2.87. The van der Waals surface area contributed by atoms with E-state index in [0.29, 0.717) is 5.39 Å². The Labute approximate surface area is 102 Å². The Morgan fingerprint density at radius 2 is 1.67 bits per heavy atom. The molecule has 1 aliphatic carbocycles. The SMILES string of the molecule is O=c1c2ccccc2n2c(=O)c3c(n12)CCCC3. The van der Waals surface area contributed by atoms with Gasteiger partial charge >= 0.3 is 0 Å². The standard InChI is InChI=1S/C14H12N2O2/c17-13-9-5-1-3-7-11(9)15-14(18)10-6-2-4-8-12(10)16(13)15/h1,3,5,7H,2,4,6,8H2. The molecule has 0 saturated heterocycles. The second-order valence-electron chi connectivity index (χ2n) is 4.88. The minimum atomic E-state index is -0.0640. The Morgan fingerprint density at radius 3 is 2.56 bits per heavy atom. The first-order valence-corrected chi connectivity index (χ1v) is 6.29. The largest absolute Gasteiger partial charge is 0.279 e. The van der Waals surface area contributed by atoms with Crippen molar-refractivity contribution >= 4 is 10.9 Å². The van der Waals surface area contributed by atoms with Gasteiger partial charge in [0.25, 0.3) is 11.1 Å². The maximum Gasteiger partial charge on any atom is 0.279 e. The first-order valence-electron chi connectivity index (χ1n) is 6.29. The van der Waals surface area contributed by atoms with E-state index in [0.717, 1.165) is 42.5 Å². The molecule has 0 aliphatic heterocycles. The molecule has 0 bridgehead atoms. The molecule has 0 atom stereocenters. The van der Waals surface area contributed by atoms with Gasteiger partial charge in [-0.05, 0) is 37.8 Å². The summed E-state index contributed by atoms with van der Waals surface area (Å²) in [5, 5.41) is 0.628. The van der Waals surface area contributed by atoms with E-state index in [4.69, 9.17) is 0 Å². The third kappa shape index (κ3) is 1.01. The molecule has 18 heavy (non-hydrogen) atoms. The van der Waals surface area contributed by atoms with Crippen LogP contribution in [0.1, 0.15) is 24.1 Å². The van der Waals surface area contributed by atoms with Crippen molar-refractivity contribution in [3.63, 3.8) is 0 Å². The predicted octanol–water partition coefficient (Wildman–Crippen LogP) is 1.23. The first-order chi connectivity index (χ1) is 8.79. The Bertz CT molecular complexity index is 873. The van der Waals surface area contributed by atoms with E-state index in [9.17, 15) is 9.59 Å². The monoisotopic (exact) mass is 240 g/mol. The normalized spacial score (nSPS) is 15.3. The van der Waals surface area contributed by atoms with Crippen LogP contribution in [0.3, 0.4) is 0 Å². The van der Waals surface area contributed by atoms with Gasteiger partial charge in [0, 0.05) is 5.56 Å². The average molecular weight is 240 g/mol. The van der Waals surface area contributed by atoms with Crippen molar-refractivity contribution in [3.05, 3.63) is 56.2 Å². The summed E-state index contributed by atoms with van der Waals surface area (Å²) in [6, 6.07) is 7.32. The van der Waals surface area contributed by atoms with Crippen molar-refractivity contribution in [2.45, 2.75) is 25.7 Å². The Morgan fingerprint density at radius 1 is 0.889 bits per heavy atom. The lowest BCUT2D eigenvalue weighted by Crippen LogP contribution is -2.15. The molecule has 0 amide bonds. The van der Waals surface area contributed by atoms with Gasteiger partial charge in [-0.15, -0.1) is 0 Å². The molecular formula is C14H12N2O2. The topological polar surface area (TPSA) is 43.0 Å². The van der Waals surface area contributed by atoms with E-state index in [1.165, 1.54) is 0 Å². The van der Waals surface area contributed by atoms with Crippen molar-refractivity contribution in [2.24, 2.45) is 0 Å². The summed E-state index contributed by atoms with van der Waals surface area (Å²) in [6.07, 6.45) is 3.73. The number of rotatable bonds is 0. The van der Waals surface area contributed by atoms with Crippen LogP contribution in [0.25, 0.3) is 10.9 Å². The number of benzene rings is 1. The first kappa shape index (κ1) is 9.88. The Kier molecular flexibility index (Phi) is 1.77. The van der Waals surface area contributed by atoms with Crippen molar-refractivity contribution < 1.29 is 0 Å². The van der Waals surface area contributed by atoms with Crippen LogP contribution in [0.15, 0.2) is 33.9 Å². The van der Waals surface area contributed by atoms with Crippen LogP contribution < -0.4 is 11.1 Å². The summed E-state index contributed by atoms with van der Waals surface area (Å²) >= 11 is 0. The zero-order chi connectivity index (χ0) is 12.3. The van der Waals surface area contributed by atoms with Crippen LogP contribution in [0, 0.1) is 0 Å². The molecule has 0 unspecified atom stereocenters. The molecule has 2 aromatic heterocycles. The number of para-hydroxylation sites is 1. The number of nitrogens with zero attached hydrogens (tertiary/aromatic N) is 2. The maximum atomic E-state index is 12.4. The molecule has 0 radical (unpaired) electrons. The lowest BCUT2D eigenvalue weighted by molar-refractivity contribution is 0.654. The highest BCUT2D eigenvalue weighted by Crippen LogP contribution is 2.19. The van der Waals surface area contributed by atoms with Crippen molar-refractivity contribution in [1.82, 2.24) is 9.03 Å². The Hall–Kier alpha value is -2.10. The second-order valence-corrected chi connectivity index (χ2v) is 4.88. The van der Waals surface area contributed by atoms with Crippen molar-refractivity contribution in [2.75, 3.05) is 0 Å². The molecule has 4 rings (SSSR count). The maximum absolute atomic E-state index is 12.4.